The fraction of sp³-hybridized carbons (Fsp3) is 0.100. The Labute approximate surface area is 217 Å². The largest absolute Gasteiger partial charge is 0.489 e. The predicted octanol–water partition coefficient (Wildman–Crippen LogP) is 7.18. The summed E-state index contributed by atoms with van der Waals surface area (Å²) in [6.45, 7) is 1.03. The Bertz CT molecular complexity index is 1480. The zero-order valence-electron chi connectivity index (χ0n) is 19.2. The van der Waals surface area contributed by atoms with Crippen LogP contribution in [0.25, 0.3) is 17.2 Å². The van der Waals surface area contributed by atoms with Crippen molar-refractivity contribution in [1.29, 1.82) is 0 Å². The van der Waals surface area contributed by atoms with Crippen LogP contribution < -0.4 is 14.2 Å². The van der Waals surface area contributed by atoms with E-state index in [2.05, 4.69) is 28.1 Å². The lowest BCUT2D eigenvalue weighted by molar-refractivity contribution is -0.0176. The van der Waals surface area contributed by atoms with Crippen LogP contribution in [0.3, 0.4) is 0 Å². The van der Waals surface area contributed by atoms with Crippen molar-refractivity contribution < 1.29 is 23.7 Å². The van der Waals surface area contributed by atoms with Crippen molar-refractivity contribution in [3.8, 4) is 28.4 Å². The summed E-state index contributed by atoms with van der Waals surface area (Å²) < 4.78 is 23.9. The van der Waals surface area contributed by atoms with Crippen molar-refractivity contribution in [3.63, 3.8) is 0 Å². The number of Topliss-reactive ketones (excluding diaryl/α,β-unsaturated/α-hetero) is 1. The van der Waals surface area contributed by atoms with E-state index in [-0.39, 0.29) is 12.6 Å². The van der Waals surface area contributed by atoms with E-state index in [9.17, 15) is 4.79 Å². The van der Waals surface area contributed by atoms with Gasteiger partial charge in [0.05, 0.1) is 12.2 Å². The van der Waals surface area contributed by atoms with E-state index in [1.807, 2.05) is 54.6 Å². The maximum Gasteiger partial charge on any atom is 0.231 e. The van der Waals surface area contributed by atoms with Gasteiger partial charge in [-0.05, 0) is 47.0 Å². The Morgan fingerprint density at radius 2 is 1.72 bits per heavy atom. The summed E-state index contributed by atoms with van der Waals surface area (Å²) in [7, 11) is 0. The third kappa shape index (κ3) is 4.53. The topological polar surface area (TPSA) is 54.0 Å². The maximum atomic E-state index is 12.9. The molecule has 2 heterocycles. The van der Waals surface area contributed by atoms with Crippen LogP contribution in [0.5, 0.6) is 17.2 Å². The summed E-state index contributed by atoms with van der Waals surface area (Å²) >= 11 is 3.53. The quantitative estimate of drug-likeness (QED) is 0.251. The standard InChI is InChI=1S/C30H21BrO5/c31-24-13-22-16-33-18-35-30(22)23(14-24)17-34-25-10-11-26-27(15-25)36-28(29(26)32)12-19-6-8-21(9-7-19)20-4-2-1-3-5-20/h1-15H,16-18H2/b28-12-. The SMILES string of the molecule is O=C1/C(=C/c2ccc(-c3ccccc3)cc2)Oc2cc(OCc3cc(Br)cc4c3OCOC4)ccc21. The summed E-state index contributed by atoms with van der Waals surface area (Å²) in [4.78, 5) is 12.9. The smallest absolute Gasteiger partial charge is 0.231 e. The van der Waals surface area contributed by atoms with Crippen molar-refractivity contribution >= 4 is 27.8 Å². The molecule has 0 saturated carbocycles. The summed E-state index contributed by atoms with van der Waals surface area (Å²) in [5.41, 5.74) is 5.57. The molecule has 178 valence electrons. The molecule has 0 aromatic heterocycles. The van der Waals surface area contributed by atoms with Crippen LogP contribution in [0, 0.1) is 0 Å². The molecule has 0 saturated heterocycles. The van der Waals surface area contributed by atoms with Crippen LogP contribution in [0.4, 0.5) is 0 Å². The van der Waals surface area contributed by atoms with E-state index in [1.165, 1.54) is 0 Å². The minimum Gasteiger partial charge on any atom is -0.489 e. The number of ketones is 1. The molecule has 2 aliphatic heterocycles. The highest BCUT2D eigenvalue weighted by Crippen LogP contribution is 2.36. The number of rotatable bonds is 5. The highest BCUT2D eigenvalue weighted by Gasteiger charge is 2.28. The van der Waals surface area contributed by atoms with Gasteiger partial charge in [-0.1, -0.05) is 70.5 Å². The average molecular weight is 541 g/mol. The number of carbonyl (C=O) groups excluding carboxylic acids is 1. The minimum atomic E-state index is -0.141. The van der Waals surface area contributed by atoms with Gasteiger partial charge in [-0.3, -0.25) is 4.79 Å². The Hall–Kier alpha value is -3.87. The second kappa shape index (κ2) is 9.64. The number of benzene rings is 4. The van der Waals surface area contributed by atoms with Crippen LogP contribution in [-0.4, -0.2) is 12.6 Å². The summed E-state index contributed by atoms with van der Waals surface area (Å²) in [6.07, 6.45) is 1.77. The van der Waals surface area contributed by atoms with Gasteiger partial charge in [0.25, 0.3) is 0 Å². The molecule has 0 amide bonds. The number of hydrogen-bond acceptors (Lipinski definition) is 5. The van der Waals surface area contributed by atoms with Gasteiger partial charge in [0.1, 0.15) is 23.9 Å². The Morgan fingerprint density at radius 3 is 2.56 bits per heavy atom. The molecule has 4 aromatic rings. The van der Waals surface area contributed by atoms with Crippen molar-refractivity contribution in [3.05, 3.63) is 117 Å². The summed E-state index contributed by atoms with van der Waals surface area (Å²) in [6, 6.07) is 27.4. The zero-order chi connectivity index (χ0) is 24.5. The van der Waals surface area contributed by atoms with Crippen LogP contribution in [0.15, 0.2) is 95.2 Å². The molecule has 5 nitrogen and oxygen atoms in total. The predicted molar refractivity (Wildman–Crippen MR) is 140 cm³/mol. The summed E-state index contributed by atoms with van der Waals surface area (Å²) in [5, 5.41) is 0. The van der Waals surface area contributed by atoms with Crippen LogP contribution in [0.2, 0.25) is 0 Å². The lowest BCUT2D eigenvalue weighted by Crippen LogP contribution is -2.14. The Kier molecular flexibility index (Phi) is 6.05. The molecule has 0 aliphatic carbocycles. The number of ether oxygens (including phenoxy) is 4. The van der Waals surface area contributed by atoms with E-state index < -0.39 is 0 Å². The first-order valence-electron chi connectivity index (χ1n) is 11.5. The van der Waals surface area contributed by atoms with Crippen LogP contribution in [-0.2, 0) is 18.0 Å². The lowest BCUT2D eigenvalue weighted by atomic mass is 10.0. The second-order valence-electron chi connectivity index (χ2n) is 8.54. The third-order valence-corrected chi connectivity index (χ3v) is 6.56. The number of carbonyl (C=O) groups is 1. The second-order valence-corrected chi connectivity index (χ2v) is 9.45. The fourth-order valence-electron chi connectivity index (χ4n) is 4.34. The van der Waals surface area contributed by atoms with E-state index >= 15 is 0 Å². The monoisotopic (exact) mass is 540 g/mol. The van der Waals surface area contributed by atoms with Crippen molar-refractivity contribution in [2.24, 2.45) is 0 Å². The van der Waals surface area contributed by atoms with Gasteiger partial charge >= 0.3 is 0 Å². The molecule has 36 heavy (non-hydrogen) atoms. The van der Waals surface area contributed by atoms with Crippen molar-refractivity contribution in [2.45, 2.75) is 13.2 Å². The summed E-state index contributed by atoms with van der Waals surface area (Å²) in [5.74, 6) is 2.05. The number of allylic oxidation sites excluding steroid dienone is 1. The first-order chi connectivity index (χ1) is 17.6. The molecule has 0 unspecified atom stereocenters. The highest BCUT2D eigenvalue weighted by atomic mass is 79.9. The van der Waals surface area contributed by atoms with Gasteiger partial charge in [0.15, 0.2) is 12.6 Å². The molecule has 0 fully saturated rings. The molecular formula is C30H21BrO5. The highest BCUT2D eigenvalue weighted by molar-refractivity contribution is 9.10. The third-order valence-electron chi connectivity index (χ3n) is 6.10. The van der Waals surface area contributed by atoms with E-state index in [0.717, 1.165) is 38.0 Å². The molecule has 4 aromatic carbocycles. The van der Waals surface area contributed by atoms with Gasteiger partial charge in [-0.15, -0.1) is 0 Å². The molecule has 0 spiro atoms. The van der Waals surface area contributed by atoms with Gasteiger partial charge in [-0.2, -0.15) is 0 Å². The number of halogens is 1. The minimum absolute atomic E-state index is 0.141. The number of fused-ring (bicyclic) bond motifs is 2. The first kappa shape index (κ1) is 22.6. The lowest BCUT2D eigenvalue weighted by Gasteiger charge is -2.21. The van der Waals surface area contributed by atoms with Gasteiger partial charge in [0, 0.05) is 21.7 Å². The van der Waals surface area contributed by atoms with Gasteiger partial charge < -0.3 is 18.9 Å². The Morgan fingerprint density at radius 1 is 0.917 bits per heavy atom. The molecule has 6 heteroatoms. The molecule has 0 bridgehead atoms. The molecule has 6 rings (SSSR count). The molecule has 2 aliphatic rings. The molecular weight excluding hydrogens is 520 g/mol. The van der Waals surface area contributed by atoms with Gasteiger partial charge in [-0.25, -0.2) is 0 Å². The fourth-order valence-corrected chi connectivity index (χ4v) is 4.89. The number of hydrogen-bond donors (Lipinski definition) is 0. The van der Waals surface area contributed by atoms with E-state index in [1.54, 1.807) is 24.3 Å². The average Bonchev–Trinajstić information content (AvgIpc) is 3.22. The Balaban J connectivity index is 1.18. The molecule has 0 N–H and O–H groups in total. The van der Waals surface area contributed by atoms with Crippen LogP contribution >= 0.6 is 15.9 Å². The molecule has 0 radical (unpaired) electrons. The van der Waals surface area contributed by atoms with Crippen LogP contribution in [0.1, 0.15) is 27.0 Å². The maximum absolute atomic E-state index is 12.9. The van der Waals surface area contributed by atoms with Crippen molar-refractivity contribution in [2.75, 3.05) is 6.79 Å². The van der Waals surface area contributed by atoms with Gasteiger partial charge in [0.2, 0.25) is 5.78 Å². The van der Waals surface area contributed by atoms with Crippen molar-refractivity contribution in [1.82, 2.24) is 0 Å². The zero-order valence-corrected chi connectivity index (χ0v) is 20.8. The normalized spacial score (nSPS) is 15.1. The molecule has 0 atom stereocenters. The van der Waals surface area contributed by atoms with E-state index in [0.29, 0.717) is 36.0 Å². The van der Waals surface area contributed by atoms with E-state index in [4.69, 9.17) is 18.9 Å². The first-order valence-corrected chi connectivity index (χ1v) is 12.3.